The van der Waals surface area contributed by atoms with Gasteiger partial charge in [0.2, 0.25) is 0 Å². The van der Waals surface area contributed by atoms with Crippen molar-refractivity contribution in [2.24, 2.45) is 5.73 Å². The third-order valence-electron chi connectivity index (χ3n) is 3.72. The first kappa shape index (κ1) is 13.4. The Balaban J connectivity index is 2.16. The predicted molar refractivity (Wildman–Crippen MR) is 74.8 cm³/mol. The first-order valence-electron chi connectivity index (χ1n) is 6.98. The van der Waals surface area contributed by atoms with E-state index in [0.29, 0.717) is 12.6 Å². The summed E-state index contributed by atoms with van der Waals surface area (Å²) in [6.07, 6.45) is 2.33. The summed E-state index contributed by atoms with van der Waals surface area (Å²) >= 11 is 0. The number of piperidine rings is 1. The zero-order chi connectivity index (χ0) is 13.0. The number of hydrogen-bond acceptors (Lipinski definition) is 3. The number of nitrogens with zero attached hydrogens (tertiary/aromatic N) is 1. The highest BCUT2D eigenvalue weighted by Gasteiger charge is 2.29. The van der Waals surface area contributed by atoms with E-state index in [1.165, 1.54) is 12.0 Å². The van der Waals surface area contributed by atoms with E-state index in [0.717, 1.165) is 25.3 Å². The van der Waals surface area contributed by atoms with E-state index in [-0.39, 0.29) is 6.04 Å². The Bertz CT molecular complexity index is 363. The lowest BCUT2D eigenvalue weighted by Gasteiger charge is -2.39. The Kier molecular flexibility index (Phi) is 4.61. The Morgan fingerprint density at radius 2 is 2.00 bits per heavy atom. The topological polar surface area (TPSA) is 38.5 Å². The summed E-state index contributed by atoms with van der Waals surface area (Å²) in [5.41, 5.74) is 7.61. The van der Waals surface area contributed by atoms with Crippen LogP contribution in [-0.4, -0.2) is 30.6 Å². The number of ether oxygens (including phenoxy) is 1. The van der Waals surface area contributed by atoms with E-state index in [1.54, 1.807) is 0 Å². The highest BCUT2D eigenvalue weighted by Crippen LogP contribution is 2.30. The molecule has 0 bridgehead atoms. The fraction of sp³-hybridized carbons (Fsp3) is 0.600. The summed E-state index contributed by atoms with van der Waals surface area (Å²) in [6.45, 7) is 7.14. The molecule has 1 aromatic rings. The number of nitrogens with two attached hydrogens (primary N) is 1. The quantitative estimate of drug-likeness (QED) is 0.890. The molecular weight excluding hydrogens is 224 g/mol. The molecule has 0 aliphatic carbocycles. The number of rotatable bonds is 4. The molecule has 0 radical (unpaired) electrons. The van der Waals surface area contributed by atoms with Gasteiger partial charge in [-0.05, 0) is 50.6 Å². The molecule has 0 saturated carbocycles. The van der Waals surface area contributed by atoms with Crippen molar-refractivity contribution in [3.8, 4) is 5.75 Å². The Labute approximate surface area is 110 Å². The average molecular weight is 248 g/mol. The van der Waals surface area contributed by atoms with Crippen LogP contribution in [0.25, 0.3) is 0 Å². The third-order valence-corrected chi connectivity index (χ3v) is 3.72. The molecule has 3 heteroatoms. The minimum Gasteiger partial charge on any atom is -0.494 e. The first-order valence-corrected chi connectivity index (χ1v) is 6.98. The molecule has 18 heavy (non-hydrogen) atoms. The van der Waals surface area contributed by atoms with Crippen molar-refractivity contribution in [1.29, 1.82) is 0 Å². The summed E-state index contributed by atoms with van der Waals surface area (Å²) in [7, 11) is 0. The van der Waals surface area contributed by atoms with Crippen molar-refractivity contribution >= 4 is 0 Å². The summed E-state index contributed by atoms with van der Waals surface area (Å²) < 4.78 is 5.48. The van der Waals surface area contributed by atoms with Crippen LogP contribution < -0.4 is 10.5 Å². The molecule has 1 aliphatic rings. The fourth-order valence-electron chi connectivity index (χ4n) is 2.84. The van der Waals surface area contributed by atoms with Gasteiger partial charge in [-0.1, -0.05) is 19.1 Å². The van der Waals surface area contributed by atoms with Crippen LogP contribution >= 0.6 is 0 Å². The molecule has 0 amide bonds. The molecule has 2 atom stereocenters. The molecule has 1 heterocycles. The van der Waals surface area contributed by atoms with E-state index in [2.05, 4.69) is 24.0 Å². The SMILES string of the molecule is CCOc1ccc(C2C(N)CCCN2CC)cc1. The monoisotopic (exact) mass is 248 g/mol. The molecular formula is C15H24N2O. The van der Waals surface area contributed by atoms with Gasteiger partial charge in [0.25, 0.3) is 0 Å². The maximum atomic E-state index is 6.30. The summed E-state index contributed by atoms with van der Waals surface area (Å²) in [6, 6.07) is 9.02. The van der Waals surface area contributed by atoms with Crippen LogP contribution in [0, 0.1) is 0 Å². The minimum absolute atomic E-state index is 0.247. The molecule has 1 aromatic carbocycles. The van der Waals surface area contributed by atoms with Crippen LogP contribution in [0.4, 0.5) is 0 Å². The molecule has 1 saturated heterocycles. The lowest BCUT2D eigenvalue weighted by atomic mass is 9.91. The maximum Gasteiger partial charge on any atom is 0.119 e. The van der Waals surface area contributed by atoms with Crippen LogP contribution in [-0.2, 0) is 0 Å². The highest BCUT2D eigenvalue weighted by atomic mass is 16.5. The number of likely N-dealkylation sites (tertiary alicyclic amines) is 1. The van der Waals surface area contributed by atoms with Crippen molar-refractivity contribution in [3.05, 3.63) is 29.8 Å². The van der Waals surface area contributed by atoms with Gasteiger partial charge in [0.15, 0.2) is 0 Å². The Hall–Kier alpha value is -1.06. The Morgan fingerprint density at radius 1 is 1.28 bits per heavy atom. The summed E-state index contributed by atoms with van der Waals surface area (Å²) in [4.78, 5) is 2.48. The van der Waals surface area contributed by atoms with Crippen molar-refractivity contribution < 1.29 is 4.74 Å². The molecule has 2 unspecified atom stereocenters. The van der Waals surface area contributed by atoms with E-state index in [4.69, 9.17) is 10.5 Å². The molecule has 1 aliphatic heterocycles. The lowest BCUT2D eigenvalue weighted by molar-refractivity contribution is 0.136. The van der Waals surface area contributed by atoms with Gasteiger partial charge in [0.05, 0.1) is 6.61 Å². The van der Waals surface area contributed by atoms with Gasteiger partial charge >= 0.3 is 0 Å². The molecule has 2 rings (SSSR count). The van der Waals surface area contributed by atoms with Crippen LogP contribution in [0.5, 0.6) is 5.75 Å². The molecule has 1 fully saturated rings. The third kappa shape index (κ3) is 2.85. The molecule has 100 valence electrons. The zero-order valence-electron chi connectivity index (χ0n) is 11.4. The van der Waals surface area contributed by atoms with E-state index in [1.807, 2.05) is 19.1 Å². The van der Waals surface area contributed by atoms with Gasteiger partial charge in [-0.15, -0.1) is 0 Å². The van der Waals surface area contributed by atoms with Gasteiger partial charge in [0, 0.05) is 12.1 Å². The zero-order valence-corrected chi connectivity index (χ0v) is 11.4. The normalized spacial score (nSPS) is 25.1. The standard InChI is InChI=1S/C15H24N2O/c1-3-17-11-5-6-14(16)15(17)12-7-9-13(10-8-12)18-4-2/h7-10,14-15H,3-6,11,16H2,1-2H3. The van der Waals surface area contributed by atoms with E-state index < -0.39 is 0 Å². The predicted octanol–water partition coefficient (Wildman–Crippen LogP) is 2.57. The second-order valence-electron chi connectivity index (χ2n) is 4.88. The van der Waals surface area contributed by atoms with Crippen LogP contribution in [0.3, 0.4) is 0 Å². The second kappa shape index (κ2) is 6.21. The van der Waals surface area contributed by atoms with Gasteiger partial charge < -0.3 is 10.5 Å². The summed E-state index contributed by atoms with van der Waals surface area (Å²) in [5.74, 6) is 0.939. The van der Waals surface area contributed by atoms with Crippen LogP contribution in [0.15, 0.2) is 24.3 Å². The van der Waals surface area contributed by atoms with Gasteiger partial charge in [-0.3, -0.25) is 4.90 Å². The smallest absolute Gasteiger partial charge is 0.119 e. The van der Waals surface area contributed by atoms with Gasteiger partial charge in [-0.25, -0.2) is 0 Å². The fourth-order valence-corrected chi connectivity index (χ4v) is 2.84. The highest BCUT2D eigenvalue weighted by molar-refractivity contribution is 5.30. The second-order valence-corrected chi connectivity index (χ2v) is 4.88. The molecule has 0 aromatic heterocycles. The average Bonchev–Trinajstić information content (AvgIpc) is 2.40. The molecule has 0 spiro atoms. The summed E-state index contributed by atoms with van der Waals surface area (Å²) in [5, 5.41) is 0. The number of hydrogen-bond donors (Lipinski definition) is 1. The van der Waals surface area contributed by atoms with Gasteiger partial charge in [0.1, 0.15) is 5.75 Å². The number of benzene rings is 1. The van der Waals surface area contributed by atoms with Crippen molar-refractivity contribution in [1.82, 2.24) is 4.90 Å². The Morgan fingerprint density at radius 3 is 2.61 bits per heavy atom. The van der Waals surface area contributed by atoms with Crippen LogP contribution in [0.2, 0.25) is 0 Å². The van der Waals surface area contributed by atoms with Crippen molar-refractivity contribution in [2.75, 3.05) is 19.7 Å². The largest absolute Gasteiger partial charge is 0.494 e. The molecule has 3 nitrogen and oxygen atoms in total. The van der Waals surface area contributed by atoms with Crippen molar-refractivity contribution in [3.63, 3.8) is 0 Å². The minimum atomic E-state index is 0.247. The maximum absolute atomic E-state index is 6.30. The van der Waals surface area contributed by atoms with E-state index in [9.17, 15) is 0 Å². The van der Waals surface area contributed by atoms with Crippen LogP contribution in [0.1, 0.15) is 38.3 Å². The number of likely N-dealkylation sites (N-methyl/N-ethyl adjacent to an activating group) is 1. The molecule has 2 N–H and O–H groups in total. The van der Waals surface area contributed by atoms with E-state index >= 15 is 0 Å². The van der Waals surface area contributed by atoms with Gasteiger partial charge in [-0.2, -0.15) is 0 Å². The lowest BCUT2D eigenvalue weighted by Crippen LogP contribution is -2.45. The first-order chi connectivity index (χ1) is 8.76. The van der Waals surface area contributed by atoms with Crippen molar-refractivity contribution in [2.45, 2.75) is 38.8 Å².